The van der Waals surface area contributed by atoms with Crippen LogP contribution in [0, 0.1) is 13.8 Å². The number of ether oxygens (including phenoxy) is 1. The van der Waals surface area contributed by atoms with Crippen LogP contribution in [0.5, 0.6) is 5.75 Å². The van der Waals surface area contributed by atoms with Crippen molar-refractivity contribution in [2.24, 2.45) is 0 Å². The maximum absolute atomic E-state index is 13.1. The molecule has 29 heavy (non-hydrogen) atoms. The Morgan fingerprint density at radius 1 is 1.07 bits per heavy atom. The van der Waals surface area contributed by atoms with Gasteiger partial charge in [0.2, 0.25) is 0 Å². The van der Waals surface area contributed by atoms with Crippen molar-refractivity contribution >= 4 is 21.6 Å². The minimum absolute atomic E-state index is 0.0992. The molecule has 148 valence electrons. The van der Waals surface area contributed by atoms with Crippen molar-refractivity contribution in [3.05, 3.63) is 81.7 Å². The largest absolute Gasteiger partial charge is 0.491 e. The van der Waals surface area contributed by atoms with E-state index in [4.69, 9.17) is 4.74 Å². The van der Waals surface area contributed by atoms with Crippen LogP contribution in [0.1, 0.15) is 11.1 Å². The van der Waals surface area contributed by atoms with E-state index in [1.54, 1.807) is 0 Å². The predicted octanol–water partition coefficient (Wildman–Crippen LogP) is 4.18. The van der Waals surface area contributed by atoms with Crippen molar-refractivity contribution in [3.8, 4) is 16.9 Å². The number of benzene rings is 2. The zero-order chi connectivity index (χ0) is 20.4. The molecule has 4 rings (SSSR count). The van der Waals surface area contributed by atoms with Crippen LogP contribution in [0.25, 0.3) is 21.3 Å². The highest BCUT2D eigenvalue weighted by atomic mass is 32.1. The van der Waals surface area contributed by atoms with E-state index in [1.807, 2.05) is 67.8 Å². The Bertz CT molecular complexity index is 1180. The molecular formula is C23H22N2O3S. The number of aryl methyl sites for hydroxylation is 2. The first-order valence-electron chi connectivity index (χ1n) is 9.42. The molecule has 4 aromatic rings. The van der Waals surface area contributed by atoms with Gasteiger partial charge in [0.15, 0.2) is 0 Å². The molecule has 5 nitrogen and oxygen atoms in total. The van der Waals surface area contributed by atoms with Gasteiger partial charge in [0.25, 0.3) is 5.56 Å². The van der Waals surface area contributed by atoms with Gasteiger partial charge in [-0.05, 0) is 31.5 Å². The number of aliphatic hydroxyl groups excluding tert-OH is 1. The number of aromatic nitrogens is 2. The molecule has 2 aromatic carbocycles. The molecular weight excluding hydrogens is 384 g/mol. The van der Waals surface area contributed by atoms with E-state index in [1.165, 1.54) is 27.8 Å². The van der Waals surface area contributed by atoms with Gasteiger partial charge in [0, 0.05) is 10.9 Å². The second kappa shape index (κ2) is 8.19. The third-order valence-corrected chi connectivity index (χ3v) is 5.68. The fourth-order valence-electron chi connectivity index (χ4n) is 3.15. The molecule has 1 atom stereocenters. The highest BCUT2D eigenvalue weighted by molar-refractivity contribution is 7.17. The van der Waals surface area contributed by atoms with Gasteiger partial charge in [-0.2, -0.15) is 0 Å². The van der Waals surface area contributed by atoms with Gasteiger partial charge in [-0.1, -0.05) is 47.5 Å². The smallest absolute Gasteiger partial charge is 0.262 e. The van der Waals surface area contributed by atoms with Crippen LogP contribution in [0.4, 0.5) is 0 Å². The fourth-order valence-corrected chi connectivity index (χ4v) is 4.06. The Kier molecular flexibility index (Phi) is 5.47. The van der Waals surface area contributed by atoms with Crippen LogP contribution >= 0.6 is 11.3 Å². The van der Waals surface area contributed by atoms with Gasteiger partial charge in [-0.15, -0.1) is 11.3 Å². The lowest BCUT2D eigenvalue weighted by atomic mass is 10.1. The lowest BCUT2D eigenvalue weighted by Crippen LogP contribution is -2.30. The summed E-state index contributed by atoms with van der Waals surface area (Å²) in [5.41, 5.74) is 4.02. The summed E-state index contributed by atoms with van der Waals surface area (Å²) in [6.07, 6.45) is 0.671. The monoisotopic (exact) mass is 406 g/mol. The summed E-state index contributed by atoms with van der Waals surface area (Å²) in [5.74, 6) is 0.690. The molecule has 0 saturated carbocycles. The topological polar surface area (TPSA) is 64.3 Å². The third kappa shape index (κ3) is 4.23. The standard InChI is InChI=1S/C23H22N2O3S/c1-15-3-7-17(8-4-15)20-13-29-22-21(20)23(27)25(14-24-22)11-18(26)12-28-19-9-5-16(2)6-10-19/h3-10,13-14,18,26H,11-12H2,1-2H3/t18-/m1/s1. The third-order valence-electron chi connectivity index (χ3n) is 4.79. The fraction of sp³-hybridized carbons (Fsp3) is 0.217. The molecule has 2 aromatic heterocycles. The maximum atomic E-state index is 13.1. The summed E-state index contributed by atoms with van der Waals surface area (Å²) in [4.78, 5) is 18.2. The lowest BCUT2D eigenvalue weighted by Gasteiger charge is -2.14. The summed E-state index contributed by atoms with van der Waals surface area (Å²) >= 11 is 1.45. The molecule has 2 heterocycles. The molecule has 0 amide bonds. The van der Waals surface area contributed by atoms with Crippen LogP contribution in [0.2, 0.25) is 0 Å². The number of nitrogens with zero attached hydrogens (tertiary/aromatic N) is 2. The van der Waals surface area contributed by atoms with Crippen molar-refractivity contribution in [2.45, 2.75) is 26.5 Å². The van der Waals surface area contributed by atoms with Gasteiger partial charge in [-0.3, -0.25) is 9.36 Å². The molecule has 0 unspecified atom stereocenters. The highest BCUT2D eigenvalue weighted by Gasteiger charge is 2.15. The van der Waals surface area contributed by atoms with Crippen LogP contribution < -0.4 is 10.3 Å². The Hall–Kier alpha value is -2.96. The SMILES string of the molecule is Cc1ccc(OC[C@H](O)Cn2cnc3scc(-c4ccc(C)cc4)c3c2=O)cc1. The minimum Gasteiger partial charge on any atom is -0.491 e. The number of hydrogen-bond donors (Lipinski definition) is 1. The first-order valence-corrected chi connectivity index (χ1v) is 10.3. The van der Waals surface area contributed by atoms with Gasteiger partial charge in [-0.25, -0.2) is 4.98 Å². The second-order valence-corrected chi connectivity index (χ2v) is 8.03. The van der Waals surface area contributed by atoms with E-state index in [0.717, 1.165) is 16.7 Å². The summed E-state index contributed by atoms with van der Waals surface area (Å²) in [6, 6.07) is 15.7. The molecule has 0 fully saturated rings. The molecule has 0 radical (unpaired) electrons. The van der Waals surface area contributed by atoms with Crippen molar-refractivity contribution in [3.63, 3.8) is 0 Å². The average molecular weight is 407 g/mol. The normalized spacial score (nSPS) is 12.2. The Labute approximate surface area is 172 Å². The summed E-state index contributed by atoms with van der Waals surface area (Å²) in [7, 11) is 0. The Morgan fingerprint density at radius 3 is 2.41 bits per heavy atom. The van der Waals surface area contributed by atoms with E-state index in [2.05, 4.69) is 4.98 Å². The van der Waals surface area contributed by atoms with Crippen LogP contribution in [-0.4, -0.2) is 27.4 Å². The molecule has 6 heteroatoms. The van der Waals surface area contributed by atoms with Crippen LogP contribution in [-0.2, 0) is 6.54 Å². The highest BCUT2D eigenvalue weighted by Crippen LogP contribution is 2.30. The van der Waals surface area contributed by atoms with Crippen LogP contribution in [0.15, 0.2) is 65.0 Å². The first kappa shape index (κ1) is 19.4. The van der Waals surface area contributed by atoms with Gasteiger partial charge >= 0.3 is 0 Å². The number of aliphatic hydroxyl groups is 1. The molecule has 0 bridgehead atoms. The van der Waals surface area contributed by atoms with E-state index < -0.39 is 6.10 Å². The second-order valence-electron chi connectivity index (χ2n) is 7.18. The summed E-state index contributed by atoms with van der Waals surface area (Å²) in [6.45, 7) is 4.26. The minimum atomic E-state index is -0.824. The Balaban J connectivity index is 1.55. The number of hydrogen-bond acceptors (Lipinski definition) is 5. The van der Waals surface area contributed by atoms with E-state index >= 15 is 0 Å². The quantitative estimate of drug-likeness (QED) is 0.522. The van der Waals surface area contributed by atoms with Crippen LogP contribution in [0.3, 0.4) is 0 Å². The molecule has 0 aliphatic heterocycles. The van der Waals surface area contributed by atoms with Gasteiger partial charge in [0.1, 0.15) is 23.3 Å². The van der Waals surface area contributed by atoms with Gasteiger partial charge < -0.3 is 9.84 Å². The molecule has 0 aliphatic carbocycles. The maximum Gasteiger partial charge on any atom is 0.262 e. The Morgan fingerprint density at radius 2 is 1.72 bits per heavy atom. The molecule has 1 N–H and O–H groups in total. The zero-order valence-corrected chi connectivity index (χ0v) is 17.1. The van der Waals surface area contributed by atoms with E-state index in [9.17, 15) is 9.90 Å². The van der Waals surface area contributed by atoms with Gasteiger partial charge in [0.05, 0.1) is 18.3 Å². The van der Waals surface area contributed by atoms with E-state index in [-0.39, 0.29) is 18.7 Å². The van der Waals surface area contributed by atoms with Crippen molar-refractivity contribution in [2.75, 3.05) is 6.61 Å². The molecule has 0 saturated heterocycles. The molecule has 0 spiro atoms. The van der Waals surface area contributed by atoms with Crippen molar-refractivity contribution < 1.29 is 9.84 Å². The van der Waals surface area contributed by atoms with Crippen molar-refractivity contribution in [1.29, 1.82) is 0 Å². The predicted molar refractivity (Wildman–Crippen MR) is 117 cm³/mol. The first-order chi connectivity index (χ1) is 14.0. The van der Waals surface area contributed by atoms with Crippen molar-refractivity contribution in [1.82, 2.24) is 9.55 Å². The van der Waals surface area contributed by atoms with E-state index in [0.29, 0.717) is 16.0 Å². The lowest BCUT2D eigenvalue weighted by molar-refractivity contribution is 0.0915. The average Bonchev–Trinajstić information content (AvgIpc) is 3.15. The summed E-state index contributed by atoms with van der Waals surface area (Å²) in [5, 5.41) is 12.9. The zero-order valence-electron chi connectivity index (χ0n) is 16.3. The number of rotatable bonds is 6. The number of thiophene rings is 1. The molecule has 0 aliphatic rings. The number of fused-ring (bicyclic) bond motifs is 1. The summed E-state index contributed by atoms with van der Waals surface area (Å²) < 4.78 is 7.08.